The van der Waals surface area contributed by atoms with Crippen molar-refractivity contribution in [2.75, 3.05) is 7.05 Å². The van der Waals surface area contributed by atoms with E-state index in [4.69, 9.17) is 0 Å². The van der Waals surface area contributed by atoms with Gasteiger partial charge in [-0.25, -0.2) is 4.68 Å². The fourth-order valence-electron chi connectivity index (χ4n) is 2.58. The lowest BCUT2D eigenvalue weighted by molar-refractivity contribution is 0.403. The molecule has 1 aromatic rings. The molecule has 0 atom stereocenters. The van der Waals surface area contributed by atoms with E-state index in [1.54, 1.807) is 0 Å². The third-order valence-electron chi connectivity index (χ3n) is 4.08. The van der Waals surface area contributed by atoms with Gasteiger partial charge in [-0.2, -0.15) is 5.10 Å². The normalized spacial score (nSPS) is 15.1. The number of nitrogens with two attached hydrogens (primary N) is 1. The first kappa shape index (κ1) is 22.4. The van der Waals surface area contributed by atoms with Gasteiger partial charge >= 0.3 is 0 Å². The molecule has 1 aromatic heterocycles. The van der Waals surface area contributed by atoms with E-state index in [0.29, 0.717) is 12.0 Å². The molecule has 0 bridgehead atoms. The SMILES string of the molecule is C=C(/C=C(/NC1CCCCC1)n1nccc1C)C(C)C.CC.CN. The molecule has 4 nitrogen and oxygen atoms in total. The second kappa shape index (κ2) is 12.8. The summed E-state index contributed by atoms with van der Waals surface area (Å²) in [5, 5.41) is 8.12. The highest BCUT2D eigenvalue weighted by atomic mass is 15.3. The van der Waals surface area contributed by atoms with Crippen LogP contribution in [0.5, 0.6) is 0 Å². The number of aromatic nitrogens is 2. The summed E-state index contributed by atoms with van der Waals surface area (Å²) in [6.45, 7) is 14.6. The van der Waals surface area contributed by atoms with E-state index < -0.39 is 0 Å². The maximum atomic E-state index is 4.50. The van der Waals surface area contributed by atoms with Crippen molar-refractivity contribution in [1.82, 2.24) is 15.1 Å². The molecule has 0 aromatic carbocycles. The van der Waals surface area contributed by atoms with E-state index in [1.165, 1.54) is 39.2 Å². The van der Waals surface area contributed by atoms with Gasteiger partial charge in [0.2, 0.25) is 0 Å². The third kappa shape index (κ3) is 7.35. The van der Waals surface area contributed by atoms with Crippen molar-refractivity contribution >= 4 is 5.82 Å². The molecule has 3 N–H and O–H groups in total. The third-order valence-corrected chi connectivity index (χ3v) is 4.08. The van der Waals surface area contributed by atoms with Crippen molar-refractivity contribution in [3.8, 4) is 0 Å². The van der Waals surface area contributed by atoms with E-state index in [-0.39, 0.29) is 0 Å². The molecule has 0 aliphatic heterocycles. The fourth-order valence-corrected chi connectivity index (χ4v) is 2.58. The second-order valence-corrected chi connectivity index (χ2v) is 6.12. The lowest BCUT2D eigenvalue weighted by Gasteiger charge is -2.26. The standard InChI is InChI=1S/C17H27N3.C2H6.CH5N/c1-13(2)14(3)12-17(20-15(4)10-11-18-20)19-16-8-6-5-7-9-16;2*1-2/h10-13,16,19H,3,5-9H2,1-2,4H3;1-2H3;2H2,1H3/b17-12-;;. The Morgan fingerprint density at radius 2 is 1.88 bits per heavy atom. The largest absolute Gasteiger partial charge is 0.367 e. The summed E-state index contributed by atoms with van der Waals surface area (Å²) in [5.41, 5.74) is 6.79. The summed E-state index contributed by atoms with van der Waals surface area (Å²) in [6.07, 6.45) is 10.5. The number of aryl methyl sites for hydroxylation is 1. The molecular weight excluding hydrogens is 296 g/mol. The summed E-state index contributed by atoms with van der Waals surface area (Å²) >= 11 is 0. The first-order valence-electron chi connectivity index (χ1n) is 9.33. The van der Waals surface area contributed by atoms with Crippen molar-refractivity contribution < 1.29 is 0 Å². The van der Waals surface area contributed by atoms with Gasteiger partial charge in [0, 0.05) is 17.9 Å². The predicted molar refractivity (Wildman–Crippen MR) is 107 cm³/mol. The topological polar surface area (TPSA) is 55.9 Å². The highest BCUT2D eigenvalue weighted by Gasteiger charge is 2.16. The molecule has 138 valence electrons. The van der Waals surface area contributed by atoms with Gasteiger partial charge in [0.25, 0.3) is 0 Å². The second-order valence-electron chi connectivity index (χ2n) is 6.12. The van der Waals surface area contributed by atoms with Crippen LogP contribution < -0.4 is 11.1 Å². The Hall–Kier alpha value is -1.55. The molecule has 4 heteroatoms. The van der Waals surface area contributed by atoms with Crippen molar-refractivity contribution in [3.05, 3.63) is 36.2 Å². The van der Waals surface area contributed by atoms with Crippen LogP contribution in [0.4, 0.5) is 0 Å². The molecule has 1 aliphatic carbocycles. The predicted octanol–water partition coefficient (Wildman–Crippen LogP) is 4.73. The first-order valence-corrected chi connectivity index (χ1v) is 9.33. The summed E-state index contributed by atoms with van der Waals surface area (Å²) in [7, 11) is 1.50. The van der Waals surface area contributed by atoms with Crippen LogP contribution in [0.15, 0.2) is 30.5 Å². The highest BCUT2D eigenvalue weighted by molar-refractivity contribution is 5.49. The van der Waals surface area contributed by atoms with Gasteiger partial charge < -0.3 is 11.1 Å². The van der Waals surface area contributed by atoms with E-state index in [0.717, 1.165) is 17.1 Å². The molecular formula is C20H38N4. The van der Waals surface area contributed by atoms with Crippen LogP contribution in [0.25, 0.3) is 5.82 Å². The van der Waals surface area contributed by atoms with Crippen molar-refractivity contribution in [1.29, 1.82) is 0 Å². The van der Waals surface area contributed by atoms with Gasteiger partial charge in [-0.3, -0.25) is 0 Å². The van der Waals surface area contributed by atoms with Gasteiger partial charge in [-0.05, 0) is 50.4 Å². The number of nitrogens with one attached hydrogen (secondary N) is 1. The van der Waals surface area contributed by atoms with Crippen LogP contribution in [0.2, 0.25) is 0 Å². The highest BCUT2D eigenvalue weighted by Crippen LogP contribution is 2.21. The summed E-state index contributed by atoms with van der Waals surface area (Å²) < 4.78 is 1.99. The average Bonchev–Trinajstić information content (AvgIpc) is 3.04. The fraction of sp³-hybridized carbons (Fsp3) is 0.650. The minimum Gasteiger partial charge on any atom is -0.367 e. The van der Waals surface area contributed by atoms with E-state index in [9.17, 15) is 0 Å². The minimum atomic E-state index is 0.453. The van der Waals surface area contributed by atoms with Gasteiger partial charge in [-0.1, -0.05) is 53.5 Å². The van der Waals surface area contributed by atoms with Crippen molar-refractivity contribution in [2.24, 2.45) is 11.7 Å². The van der Waals surface area contributed by atoms with E-state index >= 15 is 0 Å². The molecule has 0 unspecified atom stereocenters. The molecule has 0 spiro atoms. The van der Waals surface area contributed by atoms with Crippen LogP contribution in [-0.4, -0.2) is 22.9 Å². The maximum absolute atomic E-state index is 4.50. The number of hydrogen-bond donors (Lipinski definition) is 2. The Kier molecular flexibility index (Phi) is 12.0. The van der Waals surface area contributed by atoms with Gasteiger partial charge in [0.05, 0.1) is 0 Å². The molecule has 1 fully saturated rings. The number of rotatable bonds is 5. The average molecular weight is 335 g/mol. The molecule has 0 radical (unpaired) electrons. The zero-order valence-corrected chi connectivity index (χ0v) is 16.6. The van der Waals surface area contributed by atoms with Gasteiger partial charge in [-0.15, -0.1) is 0 Å². The molecule has 0 saturated heterocycles. The smallest absolute Gasteiger partial charge is 0.128 e. The molecule has 2 rings (SSSR count). The van der Waals surface area contributed by atoms with Gasteiger partial charge in [0.1, 0.15) is 5.82 Å². The van der Waals surface area contributed by atoms with Crippen molar-refractivity contribution in [2.45, 2.75) is 72.8 Å². The Labute approximate surface area is 149 Å². The van der Waals surface area contributed by atoms with E-state index in [1.807, 2.05) is 30.8 Å². The zero-order valence-electron chi connectivity index (χ0n) is 16.6. The zero-order chi connectivity index (χ0) is 18.5. The quantitative estimate of drug-likeness (QED) is 0.766. The molecule has 1 saturated carbocycles. The lowest BCUT2D eigenvalue weighted by Crippen LogP contribution is -2.32. The molecule has 24 heavy (non-hydrogen) atoms. The Balaban J connectivity index is 0.00000123. The Morgan fingerprint density at radius 3 is 2.33 bits per heavy atom. The monoisotopic (exact) mass is 334 g/mol. The number of hydrogen-bond acceptors (Lipinski definition) is 3. The van der Waals surface area contributed by atoms with Crippen LogP contribution in [0.3, 0.4) is 0 Å². The molecule has 1 aliphatic rings. The minimum absolute atomic E-state index is 0.453. The maximum Gasteiger partial charge on any atom is 0.128 e. The van der Waals surface area contributed by atoms with Crippen LogP contribution in [-0.2, 0) is 0 Å². The summed E-state index contributed by atoms with van der Waals surface area (Å²) in [6, 6.07) is 2.60. The summed E-state index contributed by atoms with van der Waals surface area (Å²) in [4.78, 5) is 0. The Morgan fingerprint density at radius 1 is 1.29 bits per heavy atom. The number of nitrogens with zero attached hydrogens (tertiary/aromatic N) is 2. The van der Waals surface area contributed by atoms with Crippen LogP contribution in [0.1, 0.15) is 65.5 Å². The molecule has 1 heterocycles. The Bertz CT molecular complexity index is 480. The first-order chi connectivity index (χ1) is 11.6. The van der Waals surface area contributed by atoms with Crippen molar-refractivity contribution in [3.63, 3.8) is 0 Å². The van der Waals surface area contributed by atoms with Crippen LogP contribution in [0, 0.1) is 12.8 Å². The van der Waals surface area contributed by atoms with Gasteiger partial charge in [0.15, 0.2) is 0 Å². The van der Waals surface area contributed by atoms with E-state index in [2.05, 4.69) is 49.6 Å². The number of allylic oxidation sites excluding steroid dienone is 2. The lowest BCUT2D eigenvalue weighted by atomic mass is 9.95. The summed E-state index contributed by atoms with van der Waals surface area (Å²) in [5.74, 6) is 1.52. The molecule has 0 amide bonds. The van der Waals surface area contributed by atoms with Crippen LogP contribution >= 0.6 is 0 Å².